The Morgan fingerprint density at radius 3 is 2.22 bits per heavy atom. The van der Waals surface area contributed by atoms with Crippen molar-refractivity contribution in [2.75, 3.05) is 0 Å². The van der Waals surface area contributed by atoms with Gasteiger partial charge in [-0.1, -0.05) is 37.3 Å². The third kappa shape index (κ3) is 2.03. The Kier molecular flexibility index (Phi) is 2.98. The SMILES string of the molecule is CC(c1ccc2c(c1)C(=O)c1ccccc1C2=O)c1ncc[nH]1. The summed E-state index contributed by atoms with van der Waals surface area (Å²) in [5, 5.41) is 0. The first-order chi connectivity index (χ1) is 11.2. The maximum Gasteiger partial charge on any atom is 0.194 e. The largest absolute Gasteiger partial charge is 0.348 e. The monoisotopic (exact) mass is 302 g/mol. The van der Waals surface area contributed by atoms with Gasteiger partial charge in [-0.05, 0) is 17.7 Å². The molecule has 1 aliphatic rings. The van der Waals surface area contributed by atoms with Crippen LogP contribution in [-0.2, 0) is 0 Å². The molecule has 4 heteroatoms. The standard InChI is InChI=1S/C19H14N2O2/c1-11(19-20-8-9-21-19)12-6-7-15-16(10-12)18(23)14-5-3-2-4-13(14)17(15)22/h2-11H,1H3,(H,20,21). The topological polar surface area (TPSA) is 62.8 Å². The van der Waals surface area contributed by atoms with E-state index >= 15 is 0 Å². The van der Waals surface area contributed by atoms with Gasteiger partial charge in [-0.3, -0.25) is 9.59 Å². The number of hydrogen-bond acceptors (Lipinski definition) is 3. The zero-order chi connectivity index (χ0) is 16.0. The second kappa shape index (κ2) is 5.02. The van der Waals surface area contributed by atoms with E-state index in [-0.39, 0.29) is 17.5 Å². The molecule has 1 atom stereocenters. The quantitative estimate of drug-likeness (QED) is 0.617. The highest BCUT2D eigenvalue weighted by Gasteiger charge is 2.29. The fourth-order valence-electron chi connectivity index (χ4n) is 3.06. The van der Waals surface area contributed by atoms with E-state index in [0.29, 0.717) is 22.3 Å². The number of hydrogen-bond donors (Lipinski definition) is 1. The minimum absolute atomic E-state index is 0.0235. The van der Waals surface area contributed by atoms with Gasteiger partial charge in [-0.15, -0.1) is 0 Å². The molecule has 1 unspecified atom stereocenters. The van der Waals surface area contributed by atoms with Crippen molar-refractivity contribution >= 4 is 11.6 Å². The van der Waals surface area contributed by atoms with Crippen LogP contribution in [0.4, 0.5) is 0 Å². The summed E-state index contributed by atoms with van der Waals surface area (Å²) < 4.78 is 0. The first-order valence-corrected chi connectivity index (χ1v) is 7.48. The number of imidazole rings is 1. The molecule has 1 N–H and O–H groups in total. The van der Waals surface area contributed by atoms with E-state index in [2.05, 4.69) is 9.97 Å². The number of aromatic amines is 1. The Labute approximate surface area is 133 Å². The maximum atomic E-state index is 12.7. The van der Waals surface area contributed by atoms with Crippen molar-refractivity contribution in [3.05, 3.63) is 88.5 Å². The van der Waals surface area contributed by atoms with Crippen LogP contribution < -0.4 is 0 Å². The highest BCUT2D eigenvalue weighted by Crippen LogP contribution is 2.30. The van der Waals surface area contributed by atoms with Crippen molar-refractivity contribution in [3.8, 4) is 0 Å². The van der Waals surface area contributed by atoms with E-state index in [9.17, 15) is 9.59 Å². The van der Waals surface area contributed by atoms with Crippen LogP contribution in [-0.4, -0.2) is 21.5 Å². The van der Waals surface area contributed by atoms with E-state index in [0.717, 1.165) is 11.4 Å². The number of fused-ring (bicyclic) bond motifs is 2. The van der Waals surface area contributed by atoms with Crippen molar-refractivity contribution in [1.29, 1.82) is 0 Å². The summed E-state index contributed by atoms with van der Waals surface area (Å²) in [5.41, 5.74) is 2.87. The first-order valence-electron chi connectivity index (χ1n) is 7.48. The highest BCUT2D eigenvalue weighted by molar-refractivity contribution is 6.28. The summed E-state index contributed by atoms with van der Waals surface area (Å²) >= 11 is 0. The lowest BCUT2D eigenvalue weighted by Gasteiger charge is -2.19. The van der Waals surface area contributed by atoms with Crippen molar-refractivity contribution < 1.29 is 9.59 Å². The lowest BCUT2D eigenvalue weighted by molar-refractivity contribution is 0.0979. The van der Waals surface area contributed by atoms with E-state index in [1.165, 1.54) is 0 Å². The molecule has 0 saturated heterocycles. The highest BCUT2D eigenvalue weighted by atomic mass is 16.1. The van der Waals surface area contributed by atoms with E-state index in [1.807, 2.05) is 19.1 Å². The number of carbonyl (C=O) groups is 2. The molecule has 0 spiro atoms. The van der Waals surface area contributed by atoms with E-state index in [4.69, 9.17) is 0 Å². The summed E-state index contributed by atoms with van der Waals surface area (Å²) in [5.74, 6) is 0.673. The van der Waals surface area contributed by atoms with Crippen molar-refractivity contribution in [1.82, 2.24) is 9.97 Å². The smallest absolute Gasteiger partial charge is 0.194 e. The predicted molar refractivity (Wildman–Crippen MR) is 85.9 cm³/mol. The molecule has 0 aliphatic heterocycles. The molecule has 0 saturated carbocycles. The number of aromatic nitrogens is 2. The molecule has 0 radical (unpaired) electrons. The molecule has 0 amide bonds. The molecule has 2 aromatic carbocycles. The summed E-state index contributed by atoms with van der Waals surface area (Å²) in [6.07, 6.45) is 3.48. The predicted octanol–water partition coefficient (Wildman–Crippen LogP) is 3.34. The average molecular weight is 302 g/mol. The number of rotatable bonds is 2. The molecule has 1 aliphatic carbocycles. The third-order valence-corrected chi connectivity index (χ3v) is 4.38. The number of benzene rings is 2. The van der Waals surface area contributed by atoms with Gasteiger partial charge >= 0.3 is 0 Å². The lowest BCUT2D eigenvalue weighted by atomic mass is 9.82. The average Bonchev–Trinajstić information content (AvgIpc) is 3.13. The second-order valence-corrected chi connectivity index (χ2v) is 5.70. The number of H-pyrrole nitrogens is 1. The summed E-state index contributed by atoms with van der Waals surface area (Å²) in [4.78, 5) is 32.7. The third-order valence-electron chi connectivity index (χ3n) is 4.38. The fourth-order valence-corrected chi connectivity index (χ4v) is 3.06. The molecule has 23 heavy (non-hydrogen) atoms. The second-order valence-electron chi connectivity index (χ2n) is 5.70. The van der Waals surface area contributed by atoms with Gasteiger partial charge < -0.3 is 4.98 Å². The van der Waals surface area contributed by atoms with Gasteiger partial charge in [0.1, 0.15) is 5.82 Å². The minimum atomic E-state index is -0.0938. The Morgan fingerprint density at radius 1 is 0.913 bits per heavy atom. The molecule has 1 heterocycles. The van der Waals surface area contributed by atoms with Gasteiger partial charge in [0.2, 0.25) is 0 Å². The van der Waals surface area contributed by atoms with Crippen LogP contribution in [0.3, 0.4) is 0 Å². The molecular weight excluding hydrogens is 288 g/mol. The molecule has 112 valence electrons. The minimum Gasteiger partial charge on any atom is -0.348 e. The van der Waals surface area contributed by atoms with Gasteiger partial charge in [-0.25, -0.2) is 4.98 Å². The van der Waals surface area contributed by atoms with Crippen LogP contribution in [0, 0.1) is 0 Å². The van der Waals surface area contributed by atoms with Crippen LogP contribution in [0.5, 0.6) is 0 Å². The van der Waals surface area contributed by atoms with Crippen molar-refractivity contribution in [2.45, 2.75) is 12.8 Å². The fraction of sp³-hybridized carbons (Fsp3) is 0.105. The maximum absolute atomic E-state index is 12.7. The van der Waals surface area contributed by atoms with Crippen molar-refractivity contribution in [3.63, 3.8) is 0 Å². The first kappa shape index (κ1) is 13.6. The molecule has 1 aromatic heterocycles. The number of ketones is 2. The normalized spacial score (nSPS) is 14.3. The van der Waals surface area contributed by atoms with Crippen molar-refractivity contribution in [2.24, 2.45) is 0 Å². The van der Waals surface area contributed by atoms with Crippen LogP contribution in [0.2, 0.25) is 0 Å². The Hall–Kier alpha value is -3.01. The van der Waals surface area contributed by atoms with Crippen LogP contribution >= 0.6 is 0 Å². The number of nitrogens with zero attached hydrogens (tertiary/aromatic N) is 1. The molecule has 4 nitrogen and oxygen atoms in total. The zero-order valence-electron chi connectivity index (χ0n) is 12.5. The molecule has 3 aromatic rings. The number of carbonyl (C=O) groups excluding carboxylic acids is 2. The molecule has 0 bridgehead atoms. The van der Waals surface area contributed by atoms with E-state index < -0.39 is 0 Å². The Bertz CT molecular complexity index is 926. The zero-order valence-corrected chi connectivity index (χ0v) is 12.5. The van der Waals surface area contributed by atoms with Gasteiger partial charge in [0.05, 0.1) is 0 Å². The summed E-state index contributed by atoms with van der Waals surface area (Å²) in [6.45, 7) is 2.02. The van der Waals surface area contributed by atoms with Crippen LogP contribution in [0.1, 0.15) is 56.1 Å². The van der Waals surface area contributed by atoms with Gasteiger partial charge in [-0.2, -0.15) is 0 Å². The lowest BCUT2D eigenvalue weighted by Crippen LogP contribution is -2.21. The molecular formula is C19H14N2O2. The number of nitrogens with one attached hydrogen (secondary N) is 1. The Morgan fingerprint density at radius 2 is 1.57 bits per heavy atom. The van der Waals surface area contributed by atoms with Crippen LogP contribution in [0.25, 0.3) is 0 Å². The summed E-state index contributed by atoms with van der Waals surface area (Å²) in [6, 6.07) is 12.4. The summed E-state index contributed by atoms with van der Waals surface area (Å²) in [7, 11) is 0. The van der Waals surface area contributed by atoms with Gasteiger partial charge in [0.15, 0.2) is 11.6 Å². The van der Waals surface area contributed by atoms with Gasteiger partial charge in [0, 0.05) is 40.6 Å². The molecule has 4 rings (SSSR count). The molecule has 0 fully saturated rings. The Balaban J connectivity index is 1.83. The van der Waals surface area contributed by atoms with Gasteiger partial charge in [0.25, 0.3) is 0 Å². The van der Waals surface area contributed by atoms with E-state index in [1.54, 1.807) is 42.7 Å². The van der Waals surface area contributed by atoms with Crippen LogP contribution in [0.15, 0.2) is 54.9 Å².